The number of rotatable bonds is 29. The zero-order valence-corrected chi connectivity index (χ0v) is 32.9. The van der Waals surface area contributed by atoms with E-state index in [1.807, 2.05) is 4.90 Å². The van der Waals surface area contributed by atoms with Crippen LogP contribution in [-0.4, -0.2) is 36.3 Å². The Labute approximate surface area is 319 Å². The average molecular weight is 709 g/mol. The normalized spacial score (nSPS) is 15.3. The second-order valence-electron chi connectivity index (χ2n) is 13.2. The van der Waals surface area contributed by atoms with Crippen molar-refractivity contribution in [3.63, 3.8) is 0 Å². The summed E-state index contributed by atoms with van der Waals surface area (Å²) in [6.45, 7) is 6.64. The molecule has 0 aromatic rings. The lowest BCUT2D eigenvalue weighted by atomic mass is 9.96. The van der Waals surface area contributed by atoms with E-state index >= 15 is 0 Å². The fraction of sp³-hybridized carbons (Fsp3) is 0.500. The van der Waals surface area contributed by atoms with Crippen LogP contribution in [0.25, 0.3) is 0 Å². The molecule has 286 valence electrons. The summed E-state index contributed by atoms with van der Waals surface area (Å²) in [6, 6.07) is 0. The van der Waals surface area contributed by atoms with Crippen molar-refractivity contribution in [2.75, 3.05) is 19.6 Å². The van der Waals surface area contributed by atoms with Crippen LogP contribution in [0.4, 0.5) is 0 Å². The summed E-state index contributed by atoms with van der Waals surface area (Å²) in [5, 5.41) is 3.11. The van der Waals surface area contributed by atoms with Crippen molar-refractivity contribution in [3.8, 4) is 0 Å². The fourth-order valence-electron chi connectivity index (χ4n) is 5.48. The number of carbonyl (C=O) groups excluding carboxylic acids is 2. The molecule has 4 heteroatoms. The van der Waals surface area contributed by atoms with Crippen LogP contribution in [0.3, 0.4) is 0 Å². The van der Waals surface area contributed by atoms with Gasteiger partial charge in [0, 0.05) is 32.5 Å². The number of amides is 2. The van der Waals surface area contributed by atoms with E-state index in [-0.39, 0.29) is 11.8 Å². The predicted molar refractivity (Wildman–Crippen MR) is 228 cm³/mol. The lowest BCUT2D eigenvalue weighted by Crippen LogP contribution is -2.41. The van der Waals surface area contributed by atoms with Gasteiger partial charge in [0.15, 0.2) is 0 Å². The van der Waals surface area contributed by atoms with Crippen molar-refractivity contribution in [3.05, 3.63) is 134 Å². The standard InChI is InChI=1S/C48H72N2O2/c1-3-5-7-9-11-13-15-17-19-21-22-24-25-27-29-31-33-35-37-39-47(51)49-45-46-41-43-50(44-42-46)48(52)40-38-36-34-32-30-28-26-23-20-18-16-14-12-10-8-6-4-2/h5-8,11-14,17-20,22,24,26-29,32-35,46H,3-4,9-10,15-16,21,23,25,30-31,36-45H2,1-2H3,(H,49,51)/b7-5-,8-6-,13-11-,14-12-,19-17-,20-18-,24-22-,28-26-,29-27-,34-32-,35-33-. The van der Waals surface area contributed by atoms with Crippen LogP contribution in [0.1, 0.15) is 129 Å². The number of hydrogen-bond donors (Lipinski definition) is 1. The molecule has 0 aromatic carbocycles. The Kier molecular flexibility index (Phi) is 32.7. The van der Waals surface area contributed by atoms with Crippen molar-refractivity contribution in [1.29, 1.82) is 0 Å². The monoisotopic (exact) mass is 709 g/mol. The van der Waals surface area contributed by atoms with Crippen molar-refractivity contribution in [2.24, 2.45) is 5.92 Å². The molecule has 1 saturated heterocycles. The van der Waals surface area contributed by atoms with E-state index in [1.165, 1.54) is 0 Å². The Morgan fingerprint density at radius 3 is 1.21 bits per heavy atom. The lowest BCUT2D eigenvalue weighted by Gasteiger charge is -2.32. The van der Waals surface area contributed by atoms with Crippen LogP contribution in [0.2, 0.25) is 0 Å². The van der Waals surface area contributed by atoms with Gasteiger partial charge in [-0.3, -0.25) is 9.59 Å². The molecule has 0 spiro atoms. The number of nitrogens with one attached hydrogen (secondary N) is 1. The number of hydrogen-bond acceptors (Lipinski definition) is 2. The van der Waals surface area contributed by atoms with E-state index in [9.17, 15) is 9.59 Å². The summed E-state index contributed by atoms with van der Waals surface area (Å²) in [5.74, 6) is 0.847. The zero-order chi connectivity index (χ0) is 37.4. The third-order valence-corrected chi connectivity index (χ3v) is 8.61. The molecule has 0 aromatic heterocycles. The molecule has 1 fully saturated rings. The number of piperidine rings is 1. The molecule has 2 amide bonds. The van der Waals surface area contributed by atoms with E-state index in [2.05, 4.69) is 153 Å². The number of nitrogens with zero attached hydrogens (tertiary/aromatic N) is 1. The van der Waals surface area contributed by atoms with E-state index in [0.717, 1.165) is 116 Å². The lowest BCUT2D eigenvalue weighted by molar-refractivity contribution is -0.132. The number of carbonyl (C=O) groups is 2. The molecule has 1 rings (SSSR count). The van der Waals surface area contributed by atoms with Gasteiger partial charge in [0.1, 0.15) is 0 Å². The maximum Gasteiger partial charge on any atom is 0.222 e. The zero-order valence-electron chi connectivity index (χ0n) is 32.9. The largest absolute Gasteiger partial charge is 0.356 e. The second-order valence-corrected chi connectivity index (χ2v) is 13.2. The molecule has 1 aliphatic rings. The average Bonchev–Trinajstić information content (AvgIpc) is 3.16. The van der Waals surface area contributed by atoms with Crippen LogP contribution >= 0.6 is 0 Å². The minimum atomic E-state index is 0.119. The Balaban J connectivity index is 2.00. The smallest absolute Gasteiger partial charge is 0.222 e. The van der Waals surface area contributed by atoms with Crippen molar-refractivity contribution >= 4 is 11.8 Å². The third-order valence-electron chi connectivity index (χ3n) is 8.61. The Bertz CT molecular complexity index is 1210. The summed E-state index contributed by atoms with van der Waals surface area (Å²) >= 11 is 0. The van der Waals surface area contributed by atoms with Gasteiger partial charge >= 0.3 is 0 Å². The molecular weight excluding hydrogens is 637 g/mol. The molecule has 0 atom stereocenters. The van der Waals surface area contributed by atoms with E-state index < -0.39 is 0 Å². The van der Waals surface area contributed by atoms with Gasteiger partial charge in [-0.15, -0.1) is 0 Å². The molecular formula is C48H72N2O2. The van der Waals surface area contributed by atoms with E-state index in [1.54, 1.807) is 0 Å². The highest BCUT2D eigenvalue weighted by Gasteiger charge is 2.22. The maximum absolute atomic E-state index is 12.7. The van der Waals surface area contributed by atoms with Crippen LogP contribution in [0.5, 0.6) is 0 Å². The van der Waals surface area contributed by atoms with E-state index in [0.29, 0.717) is 25.3 Å². The van der Waals surface area contributed by atoms with Gasteiger partial charge < -0.3 is 10.2 Å². The summed E-state index contributed by atoms with van der Waals surface area (Å²) in [6.07, 6.45) is 65.1. The highest BCUT2D eigenvalue weighted by atomic mass is 16.2. The summed E-state index contributed by atoms with van der Waals surface area (Å²) in [7, 11) is 0. The minimum Gasteiger partial charge on any atom is -0.356 e. The molecule has 0 unspecified atom stereocenters. The van der Waals surface area contributed by atoms with Gasteiger partial charge in [-0.05, 0) is 109 Å². The summed E-state index contributed by atoms with van der Waals surface area (Å²) < 4.78 is 0. The molecule has 52 heavy (non-hydrogen) atoms. The molecule has 0 bridgehead atoms. The Hall–Kier alpha value is -3.92. The van der Waals surface area contributed by atoms with Gasteiger partial charge in [0.2, 0.25) is 11.8 Å². The summed E-state index contributed by atoms with van der Waals surface area (Å²) in [4.78, 5) is 27.0. The molecule has 0 aliphatic carbocycles. The second kappa shape index (κ2) is 36.9. The van der Waals surface area contributed by atoms with Crippen LogP contribution in [-0.2, 0) is 9.59 Å². The first kappa shape index (κ1) is 46.1. The Morgan fingerprint density at radius 2 is 0.827 bits per heavy atom. The predicted octanol–water partition coefficient (Wildman–Crippen LogP) is 12.7. The van der Waals surface area contributed by atoms with Gasteiger partial charge in [-0.25, -0.2) is 0 Å². The molecule has 0 radical (unpaired) electrons. The first-order chi connectivity index (χ1) is 25.7. The quantitative estimate of drug-likeness (QED) is 0.0621. The van der Waals surface area contributed by atoms with Crippen LogP contribution in [0, 0.1) is 5.92 Å². The van der Waals surface area contributed by atoms with Gasteiger partial charge in [-0.2, -0.15) is 0 Å². The molecule has 0 saturated carbocycles. The molecule has 1 N–H and O–H groups in total. The number of unbranched alkanes of at least 4 members (excludes halogenated alkanes) is 1. The number of allylic oxidation sites excluding steroid dienone is 22. The van der Waals surface area contributed by atoms with Gasteiger partial charge in [-0.1, -0.05) is 148 Å². The van der Waals surface area contributed by atoms with Crippen molar-refractivity contribution < 1.29 is 9.59 Å². The molecule has 4 nitrogen and oxygen atoms in total. The maximum atomic E-state index is 12.7. The van der Waals surface area contributed by atoms with Crippen LogP contribution in [0.15, 0.2) is 134 Å². The van der Waals surface area contributed by atoms with Gasteiger partial charge in [0.25, 0.3) is 0 Å². The molecule has 1 heterocycles. The molecule has 1 aliphatic heterocycles. The SMILES string of the molecule is CC/C=C\C/C=C\C/C=C\C/C=C\C/C=C\C/C=C\CCC(=O)NCC1CCN(C(=O)CCC/C=C\C/C=C\C/C=C\C/C=C\C/C=C\CC)CC1. The van der Waals surface area contributed by atoms with Crippen molar-refractivity contribution in [2.45, 2.75) is 129 Å². The van der Waals surface area contributed by atoms with E-state index in [4.69, 9.17) is 0 Å². The minimum absolute atomic E-state index is 0.119. The van der Waals surface area contributed by atoms with Crippen molar-refractivity contribution in [1.82, 2.24) is 10.2 Å². The first-order valence-corrected chi connectivity index (χ1v) is 20.4. The topological polar surface area (TPSA) is 49.4 Å². The first-order valence-electron chi connectivity index (χ1n) is 20.4. The van der Waals surface area contributed by atoms with Crippen LogP contribution < -0.4 is 5.32 Å². The highest BCUT2D eigenvalue weighted by molar-refractivity contribution is 5.76. The Morgan fingerprint density at radius 1 is 0.481 bits per heavy atom. The fourth-order valence-corrected chi connectivity index (χ4v) is 5.48. The third kappa shape index (κ3) is 30.9. The van der Waals surface area contributed by atoms with Gasteiger partial charge in [0.05, 0.1) is 0 Å². The summed E-state index contributed by atoms with van der Waals surface area (Å²) in [5.41, 5.74) is 0. The highest BCUT2D eigenvalue weighted by Crippen LogP contribution is 2.18. The number of likely N-dealkylation sites (tertiary alicyclic amines) is 1.